The molecule has 0 bridgehead atoms. The molecular formula is C14H25N5O4S. The minimum absolute atomic E-state index is 0.0975. The van der Waals surface area contributed by atoms with Crippen LogP contribution in [0.1, 0.15) is 30.3 Å². The zero-order chi connectivity index (χ0) is 18.1. The van der Waals surface area contributed by atoms with E-state index in [1.807, 2.05) is 13.2 Å². The van der Waals surface area contributed by atoms with Gasteiger partial charge < -0.3 is 10.4 Å². The van der Waals surface area contributed by atoms with Crippen LogP contribution in [0.4, 0.5) is 0 Å². The first kappa shape index (κ1) is 20.4. The summed E-state index contributed by atoms with van der Waals surface area (Å²) in [4.78, 5) is 29.4. The molecule has 2 atom stereocenters. The Morgan fingerprint density at radius 3 is 2.83 bits per heavy atom. The van der Waals surface area contributed by atoms with Gasteiger partial charge in [0.05, 0.1) is 26.0 Å². The summed E-state index contributed by atoms with van der Waals surface area (Å²) in [5, 5.41) is 21.0. The van der Waals surface area contributed by atoms with Gasteiger partial charge in [-0.05, 0) is 24.9 Å². The summed E-state index contributed by atoms with van der Waals surface area (Å²) in [6, 6.07) is -0.707. The Morgan fingerprint density at radius 1 is 1.54 bits per heavy atom. The minimum Gasteiger partial charge on any atom is -0.391 e. The van der Waals surface area contributed by atoms with Crippen LogP contribution < -0.4 is 5.32 Å². The number of nitrogens with zero attached hydrogens (tertiary/aromatic N) is 4. The van der Waals surface area contributed by atoms with E-state index in [-0.39, 0.29) is 18.1 Å². The van der Waals surface area contributed by atoms with Crippen molar-refractivity contribution in [3.05, 3.63) is 11.9 Å². The zero-order valence-electron chi connectivity index (χ0n) is 14.4. The molecule has 0 fully saturated rings. The smallest absolute Gasteiger partial charge is 0.274 e. The molecule has 9 nitrogen and oxygen atoms in total. The van der Waals surface area contributed by atoms with Gasteiger partial charge in [0.15, 0.2) is 5.69 Å². The topological polar surface area (TPSA) is 110 Å². The number of aliphatic hydroxyl groups is 1. The first-order valence-electron chi connectivity index (χ1n) is 7.62. The van der Waals surface area contributed by atoms with Gasteiger partial charge in [-0.2, -0.15) is 11.8 Å². The van der Waals surface area contributed by atoms with Gasteiger partial charge in [0.1, 0.15) is 6.04 Å². The second-order valence-electron chi connectivity index (χ2n) is 5.21. The second kappa shape index (κ2) is 10.3. The summed E-state index contributed by atoms with van der Waals surface area (Å²) >= 11 is 1.58. The SMILES string of the molecule is CCC(O)Cn1cc(C(=O)N[C@@H](CCSC)C(=O)N(C)OC)nn1. The highest BCUT2D eigenvalue weighted by Gasteiger charge is 2.25. The van der Waals surface area contributed by atoms with Crippen LogP contribution in [-0.2, 0) is 16.2 Å². The molecule has 0 aromatic carbocycles. The van der Waals surface area contributed by atoms with Crippen molar-refractivity contribution in [3.8, 4) is 0 Å². The first-order chi connectivity index (χ1) is 11.4. The molecule has 0 spiro atoms. The molecule has 2 amide bonds. The lowest BCUT2D eigenvalue weighted by atomic mass is 10.2. The van der Waals surface area contributed by atoms with Crippen LogP contribution in [0.2, 0.25) is 0 Å². The molecule has 1 heterocycles. The predicted molar refractivity (Wildman–Crippen MR) is 90.4 cm³/mol. The first-order valence-corrected chi connectivity index (χ1v) is 9.01. The van der Waals surface area contributed by atoms with E-state index in [0.29, 0.717) is 18.6 Å². The quantitative estimate of drug-likeness (QED) is 0.562. The van der Waals surface area contributed by atoms with Crippen molar-refractivity contribution < 1.29 is 19.5 Å². The summed E-state index contributed by atoms with van der Waals surface area (Å²) in [5.41, 5.74) is 0.0975. The third kappa shape index (κ3) is 6.10. The van der Waals surface area contributed by atoms with Crippen LogP contribution in [0.5, 0.6) is 0 Å². The molecule has 0 aliphatic heterocycles. The number of hydrogen-bond donors (Lipinski definition) is 2. The van der Waals surface area contributed by atoms with Gasteiger partial charge in [0.2, 0.25) is 0 Å². The zero-order valence-corrected chi connectivity index (χ0v) is 15.2. The van der Waals surface area contributed by atoms with E-state index in [1.54, 1.807) is 11.8 Å². The second-order valence-corrected chi connectivity index (χ2v) is 6.20. The molecule has 24 heavy (non-hydrogen) atoms. The number of rotatable bonds is 10. The van der Waals surface area contributed by atoms with Gasteiger partial charge in [0, 0.05) is 7.05 Å². The van der Waals surface area contributed by atoms with E-state index in [4.69, 9.17) is 4.84 Å². The number of hydroxylamine groups is 2. The molecule has 1 aromatic rings. The summed E-state index contributed by atoms with van der Waals surface area (Å²) in [6.07, 6.45) is 3.88. The number of thioether (sulfide) groups is 1. The van der Waals surface area contributed by atoms with Crippen LogP contribution >= 0.6 is 11.8 Å². The average Bonchev–Trinajstić information content (AvgIpc) is 3.05. The maximum absolute atomic E-state index is 12.3. The van der Waals surface area contributed by atoms with Gasteiger partial charge in [-0.25, -0.2) is 9.75 Å². The number of likely N-dealkylation sites (N-methyl/N-ethyl adjacent to an activating group) is 1. The Bertz CT molecular complexity index is 539. The van der Waals surface area contributed by atoms with E-state index < -0.39 is 18.1 Å². The van der Waals surface area contributed by atoms with Crippen molar-refractivity contribution in [2.24, 2.45) is 0 Å². The van der Waals surface area contributed by atoms with Gasteiger partial charge >= 0.3 is 0 Å². The molecule has 0 saturated carbocycles. The Balaban J connectivity index is 2.75. The summed E-state index contributed by atoms with van der Waals surface area (Å²) in [6.45, 7) is 2.11. The van der Waals surface area contributed by atoms with Crippen molar-refractivity contribution in [1.82, 2.24) is 25.4 Å². The average molecular weight is 359 g/mol. The van der Waals surface area contributed by atoms with Crippen LogP contribution in [0.25, 0.3) is 0 Å². The molecule has 136 valence electrons. The fourth-order valence-corrected chi connectivity index (χ4v) is 2.34. The fraction of sp³-hybridized carbons (Fsp3) is 0.714. The van der Waals surface area contributed by atoms with Crippen molar-refractivity contribution in [3.63, 3.8) is 0 Å². The number of aromatic nitrogens is 3. The molecule has 0 aliphatic rings. The normalized spacial score (nSPS) is 13.4. The number of hydrogen-bond acceptors (Lipinski definition) is 7. The number of carbonyl (C=O) groups excluding carboxylic acids is 2. The van der Waals surface area contributed by atoms with Gasteiger partial charge in [-0.15, -0.1) is 5.10 Å². The van der Waals surface area contributed by atoms with Crippen molar-refractivity contribution in [2.45, 2.75) is 38.5 Å². The Labute approximate surface area is 145 Å². The molecule has 2 N–H and O–H groups in total. The van der Waals surface area contributed by atoms with Crippen LogP contribution in [0, 0.1) is 0 Å². The molecule has 0 radical (unpaired) electrons. The van der Waals surface area contributed by atoms with E-state index in [9.17, 15) is 14.7 Å². The lowest BCUT2D eigenvalue weighted by molar-refractivity contribution is -0.170. The largest absolute Gasteiger partial charge is 0.391 e. The van der Waals surface area contributed by atoms with Gasteiger partial charge in [0.25, 0.3) is 11.8 Å². The molecule has 10 heteroatoms. The minimum atomic E-state index is -0.707. The van der Waals surface area contributed by atoms with E-state index in [1.165, 1.54) is 25.0 Å². The van der Waals surface area contributed by atoms with Crippen molar-refractivity contribution in [2.75, 3.05) is 26.2 Å². The Morgan fingerprint density at radius 2 is 2.25 bits per heavy atom. The van der Waals surface area contributed by atoms with E-state index in [2.05, 4.69) is 15.6 Å². The molecule has 1 unspecified atom stereocenters. The maximum atomic E-state index is 12.3. The molecule has 1 aromatic heterocycles. The Hall–Kier alpha value is -1.65. The summed E-state index contributed by atoms with van der Waals surface area (Å²) in [7, 11) is 2.87. The van der Waals surface area contributed by atoms with Gasteiger partial charge in [-0.1, -0.05) is 12.1 Å². The molecule has 0 aliphatic carbocycles. The highest BCUT2D eigenvalue weighted by atomic mass is 32.2. The Kier molecular flexibility index (Phi) is 8.72. The number of amides is 2. The predicted octanol–water partition coefficient (Wildman–Crippen LogP) is -0.0797. The van der Waals surface area contributed by atoms with E-state index in [0.717, 1.165) is 5.06 Å². The third-order valence-corrected chi connectivity index (χ3v) is 4.08. The highest BCUT2D eigenvalue weighted by Crippen LogP contribution is 2.06. The molecular weight excluding hydrogens is 334 g/mol. The standard InChI is InChI=1S/C14H25N5O4S/c1-5-10(20)8-19-9-12(16-17-19)13(21)15-11(6-7-24-4)14(22)18(2)23-3/h9-11,20H,5-8H2,1-4H3,(H,15,21)/t10?,11-/m0/s1. The van der Waals surface area contributed by atoms with Gasteiger partial charge in [-0.3, -0.25) is 14.4 Å². The van der Waals surface area contributed by atoms with Crippen LogP contribution in [0.15, 0.2) is 6.20 Å². The lowest BCUT2D eigenvalue weighted by Crippen LogP contribution is -2.47. The summed E-state index contributed by atoms with van der Waals surface area (Å²) < 4.78 is 1.41. The maximum Gasteiger partial charge on any atom is 0.274 e. The number of nitrogens with one attached hydrogen (secondary N) is 1. The van der Waals surface area contributed by atoms with E-state index >= 15 is 0 Å². The van der Waals surface area contributed by atoms with Crippen LogP contribution in [-0.4, -0.2) is 75.3 Å². The number of carbonyl (C=O) groups is 2. The summed E-state index contributed by atoms with van der Waals surface area (Å²) in [5.74, 6) is -0.117. The molecule has 1 rings (SSSR count). The highest BCUT2D eigenvalue weighted by molar-refractivity contribution is 7.98. The third-order valence-electron chi connectivity index (χ3n) is 3.44. The molecule has 0 saturated heterocycles. The monoisotopic (exact) mass is 359 g/mol. The number of aliphatic hydroxyl groups excluding tert-OH is 1. The van der Waals surface area contributed by atoms with Crippen molar-refractivity contribution >= 4 is 23.6 Å². The van der Waals surface area contributed by atoms with Crippen LogP contribution in [0.3, 0.4) is 0 Å². The van der Waals surface area contributed by atoms with Crippen molar-refractivity contribution in [1.29, 1.82) is 0 Å². The lowest BCUT2D eigenvalue weighted by Gasteiger charge is -2.22. The fourth-order valence-electron chi connectivity index (χ4n) is 1.87.